The van der Waals surface area contributed by atoms with Gasteiger partial charge in [-0.1, -0.05) is 11.6 Å². The van der Waals surface area contributed by atoms with Gasteiger partial charge in [-0.15, -0.1) is 12.4 Å². The Morgan fingerprint density at radius 2 is 2.19 bits per heavy atom. The molecule has 1 aromatic rings. The minimum absolute atomic E-state index is 0. The molecule has 3 N–H and O–H groups in total. The maximum absolute atomic E-state index is 12.0. The quantitative estimate of drug-likeness (QED) is 0.710. The number of urea groups is 1. The second-order valence-corrected chi connectivity index (χ2v) is 4.82. The molecular weight excluding hydrogens is 315 g/mol. The molecule has 0 radical (unpaired) electrons. The number of hydrogen-bond donors (Lipinski definition) is 3. The van der Waals surface area contributed by atoms with Crippen molar-refractivity contribution in [2.75, 3.05) is 38.1 Å². The first-order chi connectivity index (χ1) is 9.63. The molecule has 0 unspecified atom stereocenters. The molecule has 1 aliphatic rings. The van der Waals surface area contributed by atoms with Gasteiger partial charge >= 0.3 is 6.03 Å². The molecule has 1 aromatic carbocycles. The number of amides is 3. The van der Waals surface area contributed by atoms with Gasteiger partial charge in [-0.25, -0.2) is 4.79 Å². The summed E-state index contributed by atoms with van der Waals surface area (Å²) in [6.45, 7) is 2.36. The Kier molecular flexibility index (Phi) is 6.74. The number of nitrogens with one attached hydrogen (secondary N) is 3. The van der Waals surface area contributed by atoms with Gasteiger partial charge in [0.25, 0.3) is 5.91 Å². The number of hydrogen-bond acceptors (Lipinski definition) is 3. The maximum atomic E-state index is 12.0. The number of carbonyl (C=O) groups is 2. The Balaban J connectivity index is 0.00000220. The van der Waals surface area contributed by atoms with Gasteiger partial charge in [0.1, 0.15) is 0 Å². The zero-order valence-corrected chi connectivity index (χ0v) is 13.2. The SMILES string of the molecule is CNCCNC(=O)c1ccc(Cl)c(N2CCNC2=O)c1.Cl. The lowest BCUT2D eigenvalue weighted by molar-refractivity contribution is 0.0954. The second kappa shape index (κ2) is 8.07. The van der Waals surface area contributed by atoms with Crippen LogP contribution in [0, 0.1) is 0 Å². The summed E-state index contributed by atoms with van der Waals surface area (Å²) in [5, 5.41) is 8.89. The molecule has 21 heavy (non-hydrogen) atoms. The fourth-order valence-electron chi connectivity index (χ4n) is 1.97. The van der Waals surface area contributed by atoms with Gasteiger partial charge in [-0.3, -0.25) is 9.69 Å². The van der Waals surface area contributed by atoms with Crippen molar-refractivity contribution in [3.05, 3.63) is 28.8 Å². The lowest BCUT2D eigenvalue weighted by Gasteiger charge is -2.17. The van der Waals surface area contributed by atoms with Crippen LogP contribution < -0.4 is 20.9 Å². The van der Waals surface area contributed by atoms with E-state index in [1.807, 2.05) is 7.05 Å². The van der Waals surface area contributed by atoms with Crippen molar-refractivity contribution in [2.24, 2.45) is 0 Å². The average Bonchev–Trinajstić information content (AvgIpc) is 2.85. The van der Waals surface area contributed by atoms with Crippen LogP contribution >= 0.6 is 24.0 Å². The molecule has 0 bridgehead atoms. The molecule has 1 saturated heterocycles. The molecule has 1 heterocycles. The molecule has 1 aliphatic heterocycles. The number of benzene rings is 1. The van der Waals surface area contributed by atoms with E-state index in [4.69, 9.17) is 11.6 Å². The third-order valence-electron chi connectivity index (χ3n) is 3.02. The molecule has 0 aromatic heterocycles. The van der Waals surface area contributed by atoms with Crippen molar-refractivity contribution in [1.29, 1.82) is 0 Å². The van der Waals surface area contributed by atoms with Crippen LogP contribution in [-0.2, 0) is 0 Å². The predicted molar refractivity (Wildman–Crippen MR) is 85.7 cm³/mol. The largest absolute Gasteiger partial charge is 0.351 e. The molecular formula is C13H18Cl2N4O2. The number of anilines is 1. The highest BCUT2D eigenvalue weighted by Gasteiger charge is 2.24. The fraction of sp³-hybridized carbons (Fsp3) is 0.385. The van der Waals surface area contributed by atoms with E-state index in [0.29, 0.717) is 42.5 Å². The Hall–Kier alpha value is -1.50. The molecule has 0 aliphatic carbocycles. The number of nitrogens with zero attached hydrogens (tertiary/aromatic N) is 1. The summed E-state index contributed by atoms with van der Waals surface area (Å²) in [5.74, 6) is -0.183. The van der Waals surface area contributed by atoms with Crippen LogP contribution in [0.3, 0.4) is 0 Å². The van der Waals surface area contributed by atoms with E-state index in [2.05, 4.69) is 16.0 Å². The molecule has 0 spiro atoms. The van der Waals surface area contributed by atoms with Crippen LogP contribution in [0.25, 0.3) is 0 Å². The lowest BCUT2D eigenvalue weighted by atomic mass is 10.1. The summed E-state index contributed by atoms with van der Waals surface area (Å²) in [6.07, 6.45) is 0. The van der Waals surface area contributed by atoms with Crippen LogP contribution in [0.15, 0.2) is 18.2 Å². The molecule has 6 nitrogen and oxygen atoms in total. The molecule has 116 valence electrons. The first-order valence-electron chi connectivity index (χ1n) is 6.41. The Labute approximate surface area is 134 Å². The zero-order chi connectivity index (χ0) is 14.5. The second-order valence-electron chi connectivity index (χ2n) is 4.41. The summed E-state index contributed by atoms with van der Waals surface area (Å²) in [7, 11) is 1.82. The number of likely N-dealkylation sites (N-methyl/N-ethyl adjacent to an activating group) is 1. The topological polar surface area (TPSA) is 73.5 Å². The average molecular weight is 333 g/mol. The van der Waals surface area contributed by atoms with Gasteiger partial charge in [0, 0.05) is 31.7 Å². The first kappa shape index (κ1) is 17.6. The van der Waals surface area contributed by atoms with Crippen molar-refractivity contribution in [3.63, 3.8) is 0 Å². The summed E-state index contributed by atoms with van der Waals surface area (Å²) in [5.41, 5.74) is 1.04. The Morgan fingerprint density at radius 1 is 1.43 bits per heavy atom. The standard InChI is InChI=1S/C13H17ClN4O2.ClH/c1-15-4-5-16-12(19)9-2-3-10(14)11(8-9)18-7-6-17-13(18)20;/h2-3,8,15H,4-7H2,1H3,(H,16,19)(H,17,20);1H. The molecule has 0 atom stereocenters. The van der Waals surface area contributed by atoms with Crippen LogP contribution in [-0.4, -0.2) is 45.2 Å². The number of rotatable bonds is 5. The summed E-state index contributed by atoms with van der Waals surface area (Å²) >= 11 is 6.11. The maximum Gasteiger partial charge on any atom is 0.322 e. The van der Waals surface area contributed by atoms with E-state index in [9.17, 15) is 9.59 Å². The van der Waals surface area contributed by atoms with E-state index in [1.165, 1.54) is 4.90 Å². The lowest BCUT2D eigenvalue weighted by Crippen LogP contribution is -2.31. The minimum Gasteiger partial charge on any atom is -0.351 e. The summed E-state index contributed by atoms with van der Waals surface area (Å²) in [6, 6.07) is 4.73. The minimum atomic E-state index is -0.195. The predicted octanol–water partition coefficient (Wildman–Crippen LogP) is 1.24. The third-order valence-corrected chi connectivity index (χ3v) is 3.34. The Bertz CT molecular complexity index is 525. The van der Waals surface area contributed by atoms with Crippen LogP contribution in [0.4, 0.5) is 10.5 Å². The van der Waals surface area contributed by atoms with Crippen molar-refractivity contribution in [3.8, 4) is 0 Å². The zero-order valence-electron chi connectivity index (χ0n) is 11.6. The normalized spacial score (nSPS) is 13.6. The molecule has 0 saturated carbocycles. The highest BCUT2D eigenvalue weighted by Crippen LogP contribution is 2.28. The van der Waals surface area contributed by atoms with Crippen molar-refractivity contribution < 1.29 is 9.59 Å². The number of halogens is 2. The van der Waals surface area contributed by atoms with Crippen LogP contribution in [0.2, 0.25) is 5.02 Å². The van der Waals surface area contributed by atoms with E-state index >= 15 is 0 Å². The summed E-state index contributed by atoms with van der Waals surface area (Å²) in [4.78, 5) is 25.2. The highest BCUT2D eigenvalue weighted by atomic mass is 35.5. The highest BCUT2D eigenvalue weighted by molar-refractivity contribution is 6.34. The van der Waals surface area contributed by atoms with Gasteiger partial charge in [-0.05, 0) is 25.2 Å². The Morgan fingerprint density at radius 3 is 2.81 bits per heavy atom. The smallest absolute Gasteiger partial charge is 0.322 e. The molecule has 1 fully saturated rings. The van der Waals surface area contributed by atoms with Crippen LogP contribution in [0.1, 0.15) is 10.4 Å². The van der Waals surface area contributed by atoms with Gasteiger partial charge in [0.05, 0.1) is 10.7 Å². The number of carbonyl (C=O) groups excluding carboxylic acids is 2. The molecule has 8 heteroatoms. The van der Waals surface area contributed by atoms with Crippen molar-refractivity contribution in [2.45, 2.75) is 0 Å². The fourth-order valence-corrected chi connectivity index (χ4v) is 2.18. The van der Waals surface area contributed by atoms with Gasteiger partial charge in [0.15, 0.2) is 0 Å². The van der Waals surface area contributed by atoms with Crippen molar-refractivity contribution >= 4 is 41.6 Å². The van der Waals surface area contributed by atoms with E-state index in [1.54, 1.807) is 18.2 Å². The van der Waals surface area contributed by atoms with E-state index < -0.39 is 0 Å². The van der Waals surface area contributed by atoms with Crippen molar-refractivity contribution in [1.82, 2.24) is 16.0 Å². The summed E-state index contributed by atoms with van der Waals surface area (Å²) < 4.78 is 0. The first-order valence-corrected chi connectivity index (χ1v) is 6.79. The van der Waals surface area contributed by atoms with Gasteiger partial charge < -0.3 is 16.0 Å². The van der Waals surface area contributed by atoms with E-state index in [-0.39, 0.29) is 24.3 Å². The van der Waals surface area contributed by atoms with Gasteiger partial charge in [-0.2, -0.15) is 0 Å². The van der Waals surface area contributed by atoms with Gasteiger partial charge in [0.2, 0.25) is 0 Å². The molecule has 3 amide bonds. The van der Waals surface area contributed by atoms with Crippen LogP contribution in [0.5, 0.6) is 0 Å². The molecule has 2 rings (SSSR count). The monoisotopic (exact) mass is 332 g/mol. The third kappa shape index (κ3) is 4.23. The van der Waals surface area contributed by atoms with E-state index in [0.717, 1.165) is 0 Å².